The van der Waals surface area contributed by atoms with E-state index in [0.717, 1.165) is 0 Å². The monoisotopic (exact) mass is 375 g/mol. The molecule has 136 valence electrons. The van der Waals surface area contributed by atoms with Crippen molar-refractivity contribution in [1.29, 1.82) is 0 Å². The molecule has 3 N–H and O–H groups in total. The van der Waals surface area contributed by atoms with Gasteiger partial charge in [0.1, 0.15) is 0 Å². The fourth-order valence-electron chi connectivity index (χ4n) is 3.19. The Morgan fingerprint density at radius 1 is 1.27 bits per heavy atom. The first-order valence-corrected chi connectivity index (χ1v) is 9.65. The number of H-pyrrole nitrogens is 1. The van der Waals surface area contributed by atoms with E-state index in [1.807, 2.05) is 0 Å². The van der Waals surface area contributed by atoms with Gasteiger partial charge in [-0.25, -0.2) is 17.9 Å². The van der Waals surface area contributed by atoms with E-state index in [1.165, 1.54) is 18.2 Å². The third-order valence-electron chi connectivity index (χ3n) is 4.61. The lowest BCUT2D eigenvalue weighted by Gasteiger charge is -2.37. The van der Waals surface area contributed by atoms with Crippen LogP contribution in [-0.2, 0) is 10.0 Å². The molecule has 0 amide bonds. The van der Waals surface area contributed by atoms with Crippen molar-refractivity contribution < 1.29 is 17.9 Å². The molecule has 1 aliphatic rings. The quantitative estimate of drug-likeness (QED) is 0.617. The maximum absolute atomic E-state index is 12.9. The van der Waals surface area contributed by atoms with E-state index in [2.05, 4.69) is 14.7 Å². The zero-order valence-corrected chi connectivity index (χ0v) is 14.4. The Morgan fingerprint density at radius 2 is 2.08 bits per heavy atom. The molecule has 0 aliphatic heterocycles. The molecule has 9 heteroatoms. The van der Waals surface area contributed by atoms with E-state index in [4.69, 9.17) is 4.42 Å². The van der Waals surface area contributed by atoms with Crippen molar-refractivity contribution in [3.63, 3.8) is 0 Å². The van der Waals surface area contributed by atoms with Crippen molar-refractivity contribution >= 4 is 21.1 Å². The Morgan fingerprint density at radius 3 is 2.77 bits per heavy atom. The summed E-state index contributed by atoms with van der Waals surface area (Å²) < 4.78 is 33.3. The molecule has 1 aromatic carbocycles. The third kappa shape index (κ3) is 3.16. The summed E-state index contributed by atoms with van der Waals surface area (Å²) in [6, 6.07) is 8.95. The molecule has 3 aromatic rings. The Balaban J connectivity index is 1.67. The number of oxazole rings is 1. The number of nitrogens with zero attached hydrogens (tertiary/aromatic N) is 1. The van der Waals surface area contributed by atoms with Gasteiger partial charge in [-0.2, -0.15) is 0 Å². The minimum absolute atomic E-state index is 0.00597. The van der Waals surface area contributed by atoms with E-state index in [9.17, 15) is 18.3 Å². The number of aromatic nitrogens is 2. The molecule has 0 bridgehead atoms. The Bertz CT molecular complexity index is 1080. The Labute approximate surface area is 148 Å². The molecule has 26 heavy (non-hydrogen) atoms. The van der Waals surface area contributed by atoms with Crippen molar-refractivity contribution in [2.45, 2.75) is 29.9 Å². The van der Waals surface area contributed by atoms with Crippen LogP contribution in [0.3, 0.4) is 0 Å². The van der Waals surface area contributed by atoms with Crippen LogP contribution in [0.5, 0.6) is 0 Å². The number of rotatable bonds is 5. The first-order valence-electron chi connectivity index (χ1n) is 8.16. The van der Waals surface area contributed by atoms with Gasteiger partial charge in [0.25, 0.3) is 0 Å². The normalized spacial score (nSPS) is 21.4. The molecule has 8 nitrogen and oxygen atoms in total. The molecule has 1 saturated carbocycles. The van der Waals surface area contributed by atoms with Gasteiger partial charge in [0.05, 0.1) is 28.3 Å². The van der Waals surface area contributed by atoms with E-state index in [-0.39, 0.29) is 16.4 Å². The highest BCUT2D eigenvalue weighted by Crippen LogP contribution is 2.38. The Hall–Kier alpha value is -2.49. The molecule has 2 heterocycles. The topological polar surface area (TPSA) is 125 Å². The molecule has 1 fully saturated rings. The summed E-state index contributed by atoms with van der Waals surface area (Å²) in [6.07, 6.45) is 2.21. The van der Waals surface area contributed by atoms with Gasteiger partial charge in [-0.05, 0) is 43.0 Å². The second-order valence-corrected chi connectivity index (χ2v) is 8.13. The minimum atomic E-state index is -3.88. The molecule has 1 aliphatic carbocycles. The van der Waals surface area contributed by atoms with Gasteiger partial charge >= 0.3 is 5.76 Å². The number of pyridine rings is 1. The van der Waals surface area contributed by atoms with Crippen LogP contribution in [0.4, 0.5) is 0 Å². The van der Waals surface area contributed by atoms with Crippen LogP contribution < -0.4 is 10.5 Å². The van der Waals surface area contributed by atoms with Crippen LogP contribution in [0.15, 0.2) is 56.7 Å². The average molecular weight is 375 g/mol. The minimum Gasteiger partial charge on any atom is -0.408 e. The van der Waals surface area contributed by atoms with Crippen LogP contribution in [0.1, 0.15) is 24.6 Å². The summed E-state index contributed by atoms with van der Waals surface area (Å²) in [5.41, 5.74) is 1.20. The number of hydrogen-bond donors (Lipinski definition) is 3. The summed E-state index contributed by atoms with van der Waals surface area (Å²) >= 11 is 0. The molecular weight excluding hydrogens is 358 g/mol. The molecule has 1 atom stereocenters. The number of sulfonamides is 1. The van der Waals surface area contributed by atoms with Crippen molar-refractivity contribution in [2.24, 2.45) is 5.92 Å². The van der Waals surface area contributed by atoms with Gasteiger partial charge in [0, 0.05) is 12.3 Å². The maximum atomic E-state index is 12.9. The summed E-state index contributed by atoms with van der Waals surface area (Å²) in [7, 11) is -3.88. The first kappa shape index (κ1) is 17.0. The van der Waals surface area contributed by atoms with Crippen LogP contribution in [0.25, 0.3) is 11.1 Å². The number of hydrogen-bond acceptors (Lipinski definition) is 6. The summed E-state index contributed by atoms with van der Waals surface area (Å²) in [4.78, 5) is 18.0. The number of aromatic amines is 1. The second kappa shape index (κ2) is 6.35. The fourth-order valence-corrected chi connectivity index (χ4v) is 4.48. The van der Waals surface area contributed by atoms with Gasteiger partial charge in [0.15, 0.2) is 5.58 Å². The lowest BCUT2D eigenvalue weighted by Crippen LogP contribution is -2.41. The first-order chi connectivity index (χ1) is 12.4. The number of aliphatic hydroxyl groups is 1. The lowest BCUT2D eigenvalue weighted by atomic mass is 9.76. The molecule has 4 rings (SSSR count). The van der Waals surface area contributed by atoms with Crippen LogP contribution in [-0.4, -0.2) is 29.6 Å². The van der Waals surface area contributed by atoms with Gasteiger partial charge in [0.2, 0.25) is 10.0 Å². The highest BCUT2D eigenvalue weighted by Gasteiger charge is 2.37. The predicted octanol–water partition coefficient (Wildman–Crippen LogP) is 1.31. The van der Waals surface area contributed by atoms with Crippen molar-refractivity contribution in [3.05, 3.63) is 58.8 Å². The number of aliphatic hydroxyl groups excluding tert-OH is 1. The molecule has 0 spiro atoms. The van der Waals surface area contributed by atoms with Crippen LogP contribution in [0, 0.1) is 5.92 Å². The zero-order chi connectivity index (χ0) is 18.3. The average Bonchev–Trinajstić information content (AvgIpc) is 2.97. The predicted molar refractivity (Wildman–Crippen MR) is 92.9 cm³/mol. The lowest BCUT2D eigenvalue weighted by molar-refractivity contribution is 0.0273. The Kier molecular flexibility index (Phi) is 4.14. The molecule has 0 saturated heterocycles. The van der Waals surface area contributed by atoms with Crippen molar-refractivity contribution in [2.75, 3.05) is 0 Å². The highest BCUT2D eigenvalue weighted by molar-refractivity contribution is 7.89. The van der Waals surface area contributed by atoms with Crippen molar-refractivity contribution in [1.82, 2.24) is 14.7 Å². The van der Waals surface area contributed by atoms with E-state index >= 15 is 0 Å². The molecule has 0 unspecified atom stereocenters. The SMILES string of the molecule is O=c1[nH]c2ccc(S(=O)(=O)N[C@@H](c3ccccn3)C3CC(O)C3)cc2o1. The summed E-state index contributed by atoms with van der Waals surface area (Å²) in [5.74, 6) is -0.680. The van der Waals surface area contributed by atoms with Gasteiger partial charge in [-0.3, -0.25) is 9.97 Å². The van der Waals surface area contributed by atoms with Crippen LogP contribution in [0.2, 0.25) is 0 Å². The third-order valence-corrected chi connectivity index (χ3v) is 6.05. The zero-order valence-electron chi connectivity index (χ0n) is 13.6. The van der Waals surface area contributed by atoms with Crippen molar-refractivity contribution in [3.8, 4) is 0 Å². The van der Waals surface area contributed by atoms with Crippen LogP contribution >= 0.6 is 0 Å². The van der Waals surface area contributed by atoms with Gasteiger partial charge in [-0.15, -0.1) is 0 Å². The van der Waals surface area contributed by atoms with Gasteiger partial charge < -0.3 is 9.52 Å². The number of nitrogens with one attached hydrogen (secondary N) is 2. The maximum Gasteiger partial charge on any atom is 0.417 e. The molecular formula is C17H17N3O5S. The van der Waals surface area contributed by atoms with E-state index < -0.39 is 27.9 Å². The largest absolute Gasteiger partial charge is 0.417 e. The molecule has 0 radical (unpaired) electrons. The molecule has 2 aromatic heterocycles. The highest BCUT2D eigenvalue weighted by atomic mass is 32.2. The summed E-state index contributed by atoms with van der Waals surface area (Å²) in [6.45, 7) is 0. The second-order valence-electron chi connectivity index (χ2n) is 6.41. The smallest absolute Gasteiger partial charge is 0.408 e. The van der Waals surface area contributed by atoms with E-state index in [1.54, 1.807) is 24.4 Å². The fraction of sp³-hybridized carbons (Fsp3) is 0.294. The van der Waals surface area contributed by atoms with E-state index in [0.29, 0.717) is 24.1 Å². The van der Waals surface area contributed by atoms with Gasteiger partial charge in [-0.1, -0.05) is 6.07 Å². The number of benzene rings is 1. The number of fused-ring (bicyclic) bond motifs is 1. The summed E-state index contributed by atoms with van der Waals surface area (Å²) in [5, 5.41) is 9.61. The standard InChI is InChI=1S/C17H17N3O5S/c21-11-7-10(8-11)16(14-3-1-2-6-18-14)20-26(23,24)12-4-5-13-15(9-12)25-17(22)19-13/h1-6,9-11,16,20-21H,7-8H2,(H,19,22)/t10?,11?,16-/m1/s1.